The fourth-order valence-electron chi connectivity index (χ4n) is 2.32. The van der Waals surface area contributed by atoms with Crippen molar-refractivity contribution >= 4 is 23.0 Å². The summed E-state index contributed by atoms with van der Waals surface area (Å²) in [6.45, 7) is 0.685. The molecule has 1 aliphatic heterocycles. The molecule has 1 aliphatic rings. The Hall–Kier alpha value is -2.01. The Morgan fingerprint density at radius 1 is 1.32 bits per heavy atom. The number of para-hydroxylation sites is 2. The van der Waals surface area contributed by atoms with Crippen molar-refractivity contribution in [3.05, 3.63) is 46.7 Å². The number of anilines is 1. The van der Waals surface area contributed by atoms with E-state index in [-0.39, 0.29) is 6.04 Å². The van der Waals surface area contributed by atoms with Gasteiger partial charge in [0.05, 0.1) is 25.4 Å². The molecule has 2 aromatic rings. The second kappa shape index (κ2) is 4.93. The normalized spacial score (nSPS) is 18.5. The molecule has 0 fully saturated rings. The number of rotatable bonds is 3. The number of methoxy groups -OCH3 is 1. The van der Waals surface area contributed by atoms with E-state index in [9.17, 15) is 0 Å². The smallest absolute Gasteiger partial charge is 0.196 e. The van der Waals surface area contributed by atoms with Crippen LogP contribution in [0.3, 0.4) is 0 Å². The first kappa shape index (κ1) is 12.0. The maximum absolute atomic E-state index is 6.06. The number of guanidine groups is 1. The molecule has 1 atom stereocenters. The molecule has 0 amide bonds. The zero-order valence-electron chi connectivity index (χ0n) is 10.6. The standard InChI is InChI=1S/C14H15N3OS/c1-18-12-6-3-2-5-10(12)17-11(9-16-14(17)15)13-7-4-8-19-13/h2-8,11H,9H2,1H3,(H2,15,16). The SMILES string of the molecule is COc1ccccc1N1C(N)=NCC1c1cccs1. The summed E-state index contributed by atoms with van der Waals surface area (Å²) < 4.78 is 5.42. The molecule has 0 spiro atoms. The number of thiophene rings is 1. The fraction of sp³-hybridized carbons (Fsp3) is 0.214. The topological polar surface area (TPSA) is 50.9 Å². The van der Waals surface area contributed by atoms with Gasteiger partial charge in [-0.2, -0.15) is 0 Å². The molecule has 2 N–H and O–H groups in total. The Balaban J connectivity index is 2.03. The van der Waals surface area contributed by atoms with E-state index in [1.165, 1.54) is 4.88 Å². The van der Waals surface area contributed by atoms with Crippen molar-refractivity contribution in [1.82, 2.24) is 0 Å². The van der Waals surface area contributed by atoms with Gasteiger partial charge in [0.15, 0.2) is 5.96 Å². The molecule has 19 heavy (non-hydrogen) atoms. The summed E-state index contributed by atoms with van der Waals surface area (Å²) in [6, 6.07) is 12.2. The van der Waals surface area contributed by atoms with Crippen LogP contribution >= 0.6 is 11.3 Å². The van der Waals surface area contributed by atoms with E-state index in [2.05, 4.69) is 22.5 Å². The highest BCUT2D eigenvalue weighted by atomic mass is 32.1. The molecule has 5 heteroatoms. The molecule has 0 bridgehead atoms. The van der Waals surface area contributed by atoms with E-state index >= 15 is 0 Å². The lowest BCUT2D eigenvalue weighted by Gasteiger charge is -2.27. The number of nitrogens with two attached hydrogens (primary N) is 1. The molecule has 3 rings (SSSR count). The van der Waals surface area contributed by atoms with Gasteiger partial charge in [0.1, 0.15) is 5.75 Å². The van der Waals surface area contributed by atoms with Crippen LogP contribution in [0.2, 0.25) is 0 Å². The van der Waals surface area contributed by atoms with Gasteiger partial charge < -0.3 is 10.5 Å². The van der Waals surface area contributed by atoms with Gasteiger partial charge >= 0.3 is 0 Å². The third-order valence-corrected chi connectivity index (χ3v) is 4.17. The fourth-order valence-corrected chi connectivity index (χ4v) is 3.12. The van der Waals surface area contributed by atoms with Crippen molar-refractivity contribution in [2.24, 2.45) is 10.7 Å². The lowest BCUT2D eigenvalue weighted by molar-refractivity contribution is 0.415. The summed E-state index contributed by atoms with van der Waals surface area (Å²) in [6.07, 6.45) is 0. The molecule has 2 heterocycles. The number of hydrogen-bond acceptors (Lipinski definition) is 5. The van der Waals surface area contributed by atoms with Gasteiger partial charge in [-0.25, -0.2) is 0 Å². The van der Waals surface area contributed by atoms with E-state index < -0.39 is 0 Å². The van der Waals surface area contributed by atoms with Crippen molar-refractivity contribution in [3.8, 4) is 5.75 Å². The molecular formula is C14H15N3OS. The molecule has 1 unspecified atom stereocenters. The minimum absolute atomic E-state index is 0.163. The average molecular weight is 273 g/mol. The summed E-state index contributed by atoms with van der Waals surface area (Å²) in [4.78, 5) is 7.68. The van der Waals surface area contributed by atoms with Gasteiger partial charge in [-0.05, 0) is 23.6 Å². The lowest BCUT2D eigenvalue weighted by Crippen LogP contribution is -2.36. The van der Waals surface area contributed by atoms with Gasteiger partial charge in [-0.15, -0.1) is 11.3 Å². The predicted octanol–water partition coefficient (Wildman–Crippen LogP) is 2.63. The average Bonchev–Trinajstić information content (AvgIpc) is 3.07. The van der Waals surface area contributed by atoms with E-state index in [0.29, 0.717) is 12.5 Å². The molecule has 0 aliphatic carbocycles. The molecule has 1 aromatic carbocycles. The molecular weight excluding hydrogens is 258 g/mol. The van der Waals surface area contributed by atoms with Gasteiger partial charge in [0.2, 0.25) is 0 Å². The van der Waals surface area contributed by atoms with Crippen molar-refractivity contribution < 1.29 is 4.74 Å². The van der Waals surface area contributed by atoms with Crippen molar-refractivity contribution in [3.63, 3.8) is 0 Å². The molecule has 0 saturated carbocycles. The first-order valence-electron chi connectivity index (χ1n) is 6.07. The minimum atomic E-state index is 0.163. The van der Waals surface area contributed by atoms with Gasteiger partial charge in [0.25, 0.3) is 0 Å². The number of ether oxygens (including phenoxy) is 1. The molecule has 98 valence electrons. The van der Waals surface area contributed by atoms with Gasteiger partial charge in [0, 0.05) is 4.88 Å². The van der Waals surface area contributed by atoms with Crippen LogP contribution in [0.4, 0.5) is 5.69 Å². The maximum atomic E-state index is 6.06. The zero-order chi connectivity index (χ0) is 13.2. The number of aliphatic imine (C=N–C) groups is 1. The van der Waals surface area contributed by atoms with Crippen LogP contribution in [-0.4, -0.2) is 19.6 Å². The van der Waals surface area contributed by atoms with Crippen LogP contribution in [0.25, 0.3) is 0 Å². The third kappa shape index (κ3) is 2.06. The Kier molecular flexibility index (Phi) is 3.13. The second-order valence-electron chi connectivity index (χ2n) is 4.27. The third-order valence-electron chi connectivity index (χ3n) is 3.20. The Labute approximate surface area is 116 Å². The summed E-state index contributed by atoms with van der Waals surface area (Å²) in [7, 11) is 1.67. The van der Waals surface area contributed by atoms with Crippen molar-refractivity contribution in [2.75, 3.05) is 18.6 Å². The Morgan fingerprint density at radius 3 is 2.89 bits per heavy atom. The van der Waals surface area contributed by atoms with Crippen LogP contribution in [-0.2, 0) is 0 Å². The monoisotopic (exact) mass is 273 g/mol. The molecule has 1 aromatic heterocycles. The Bertz CT molecular complexity index is 594. The first-order chi connectivity index (χ1) is 9.31. The quantitative estimate of drug-likeness (QED) is 0.935. The van der Waals surface area contributed by atoms with E-state index in [1.807, 2.05) is 29.2 Å². The number of nitrogens with zero attached hydrogens (tertiary/aromatic N) is 2. The highest BCUT2D eigenvalue weighted by molar-refractivity contribution is 7.10. The highest BCUT2D eigenvalue weighted by Crippen LogP contribution is 2.37. The summed E-state index contributed by atoms with van der Waals surface area (Å²) in [5, 5.41) is 2.07. The van der Waals surface area contributed by atoms with Crippen molar-refractivity contribution in [1.29, 1.82) is 0 Å². The van der Waals surface area contributed by atoms with E-state index in [0.717, 1.165) is 11.4 Å². The largest absolute Gasteiger partial charge is 0.495 e. The van der Waals surface area contributed by atoms with Crippen LogP contribution in [0, 0.1) is 0 Å². The first-order valence-corrected chi connectivity index (χ1v) is 6.95. The number of hydrogen-bond donors (Lipinski definition) is 1. The van der Waals surface area contributed by atoms with Crippen LogP contribution in [0.1, 0.15) is 10.9 Å². The maximum Gasteiger partial charge on any atom is 0.196 e. The summed E-state index contributed by atoms with van der Waals surface area (Å²) in [5.41, 5.74) is 7.02. The molecule has 4 nitrogen and oxygen atoms in total. The molecule has 0 saturated heterocycles. The molecule has 0 radical (unpaired) electrons. The van der Waals surface area contributed by atoms with Crippen LogP contribution < -0.4 is 15.4 Å². The number of benzene rings is 1. The Morgan fingerprint density at radius 2 is 2.16 bits per heavy atom. The van der Waals surface area contributed by atoms with Crippen molar-refractivity contribution in [2.45, 2.75) is 6.04 Å². The lowest BCUT2D eigenvalue weighted by atomic mass is 10.2. The minimum Gasteiger partial charge on any atom is -0.495 e. The van der Waals surface area contributed by atoms with E-state index in [1.54, 1.807) is 18.4 Å². The predicted molar refractivity (Wildman–Crippen MR) is 79.0 cm³/mol. The van der Waals surface area contributed by atoms with Gasteiger partial charge in [-0.1, -0.05) is 18.2 Å². The highest BCUT2D eigenvalue weighted by Gasteiger charge is 2.31. The summed E-state index contributed by atoms with van der Waals surface area (Å²) >= 11 is 1.72. The second-order valence-corrected chi connectivity index (χ2v) is 5.25. The zero-order valence-corrected chi connectivity index (χ0v) is 11.4. The van der Waals surface area contributed by atoms with E-state index in [4.69, 9.17) is 10.5 Å². The van der Waals surface area contributed by atoms with Crippen LogP contribution in [0.5, 0.6) is 5.75 Å². The summed E-state index contributed by atoms with van der Waals surface area (Å²) in [5.74, 6) is 1.35. The van der Waals surface area contributed by atoms with Gasteiger partial charge in [-0.3, -0.25) is 9.89 Å². The van der Waals surface area contributed by atoms with Crippen LogP contribution in [0.15, 0.2) is 46.8 Å².